The number of benzene rings is 1. The molecule has 4 aromatic rings. The summed E-state index contributed by atoms with van der Waals surface area (Å²) in [6.45, 7) is 15.7. The maximum absolute atomic E-state index is 15.1. The molecule has 5 aliphatic heterocycles. The van der Waals surface area contributed by atoms with Gasteiger partial charge in [0.15, 0.2) is 0 Å². The molecule has 1 aliphatic carbocycles. The fourth-order valence-electron chi connectivity index (χ4n) is 12.1. The van der Waals surface area contributed by atoms with Crippen LogP contribution in [-0.2, 0) is 43.2 Å². The number of cyclic esters (lactones) is 1. The fraction of sp³-hybridized carbons (Fsp3) is 0.642. The number of ether oxygens (including phenoxy) is 2. The number of alkyl halides is 3. The van der Waals surface area contributed by atoms with Gasteiger partial charge >= 0.3 is 12.1 Å². The SMILES string of the molecule is CO[C@@H](C)c1ncc(N2CCN(C3CC3)CC2)cc1-c1c2c3cc(ccc3n1CC(F)(F)F)-c1csc(n1)C[C@H](NC(=O)[C@H](C(C)C)N1CC[C@]3(CCNC3)C1)C(=O)N1CCC[C@H](N1)C(=O)OCC(C)(C)C2. The summed E-state index contributed by atoms with van der Waals surface area (Å²) in [4.78, 5) is 60.5. The van der Waals surface area contributed by atoms with Gasteiger partial charge in [-0.1, -0.05) is 33.8 Å². The lowest BCUT2D eigenvalue weighted by Gasteiger charge is -2.37. The molecule has 3 N–H and O–H groups in total. The summed E-state index contributed by atoms with van der Waals surface area (Å²) in [5.41, 5.74) is 7.16. The Balaban J connectivity index is 1.06. The van der Waals surface area contributed by atoms with E-state index >= 15 is 13.2 Å². The molecule has 15 nitrogen and oxygen atoms in total. The number of fused-ring (bicyclic) bond motifs is 6. The van der Waals surface area contributed by atoms with Crippen LogP contribution < -0.4 is 21.0 Å². The van der Waals surface area contributed by atoms with E-state index in [9.17, 15) is 14.4 Å². The second-order valence-electron chi connectivity index (χ2n) is 22.5. The molecule has 4 saturated heterocycles. The highest BCUT2D eigenvalue weighted by atomic mass is 32.1. The van der Waals surface area contributed by atoms with E-state index in [2.05, 4.69) is 30.8 Å². The third kappa shape index (κ3) is 10.7. The van der Waals surface area contributed by atoms with Crippen molar-refractivity contribution in [3.05, 3.63) is 52.1 Å². The molecule has 5 atom stereocenters. The van der Waals surface area contributed by atoms with Gasteiger partial charge in [0.25, 0.3) is 5.91 Å². The number of likely N-dealkylation sites (tertiary alicyclic amines) is 1. The normalized spacial score (nSPS) is 25.6. The van der Waals surface area contributed by atoms with Crippen LogP contribution in [0.1, 0.15) is 95.5 Å². The van der Waals surface area contributed by atoms with E-state index in [4.69, 9.17) is 19.4 Å². The predicted molar refractivity (Wildman–Crippen MR) is 271 cm³/mol. The van der Waals surface area contributed by atoms with Gasteiger partial charge in [-0.2, -0.15) is 13.2 Å². The van der Waals surface area contributed by atoms with E-state index in [1.54, 1.807) is 19.2 Å². The summed E-state index contributed by atoms with van der Waals surface area (Å²) in [5.74, 6) is -1.16. The summed E-state index contributed by atoms with van der Waals surface area (Å²) >= 11 is 1.36. The van der Waals surface area contributed by atoms with Crippen LogP contribution in [0.25, 0.3) is 33.4 Å². The van der Waals surface area contributed by atoms with Gasteiger partial charge in [0.2, 0.25) is 5.91 Å². The molecule has 1 saturated carbocycles. The largest absolute Gasteiger partial charge is 0.464 e. The number of hydrazine groups is 1. The number of methoxy groups -OCH3 is 1. The molecule has 10 rings (SSSR count). The lowest BCUT2D eigenvalue weighted by Crippen LogP contribution is -2.62. The van der Waals surface area contributed by atoms with Crippen molar-refractivity contribution in [3.8, 4) is 22.5 Å². The van der Waals surface area contributed by atoms with Crippen LogP contribution in [0.2, 0.25) is 0 Å². The number of esters is 1. The van der Waals surface area contributed by atoms with Gasteiger partial charge in [0, 0.05) is 98.2 Å². The van der Waals surface area contributed by atoms with Gasteiger partial charge < -0.3 is 29.6 Å². The van der Waals surface area contributed by atoms with Crippen LogP contribution in [0.3, 0.4) is 0 Å². The third-order valence-electron chi connectivity index (χ3n) is 16.1. The van der Waals surface area contributed by atoms with Crippen molar-refractivity contribution in [3.63, 3.8) is 0 Å². The van der Waals surface area contributed by atoms with E-state index in [1.807, 2.05) is 58.3 Å². The Kier molecular flexibility index (Phi) is 14.3. The molecular weight excluding hydrogens is 946 g/mol. The highest BCUT2D eigenvalue weighted by Crippen LogP contribution is 2.45. The molecule has 3 aromatic heterocycles. The highest BCUT2D eigenvalue weighted by Gasteiger charge is 2.46. The number of hydrogen-bond acceptors (Lipinski definition) is 13. The van der Waals surface area contributed by atoms with Gasteiger partial charge in [0.1, 0.15) is 18.6 Å². The quantitative estimate of drug-likeness (QED) is 0.145. The van der Waals surface area contributed by atoms with Crippen molar-refractivity contribution in [2.45, 2.75) is 129 Å². The number of carbonyl (C=O) groups excluding carboxylic acids is 3. The number of halogens is 3. The van der Waals surface area contributed by atoms with Crippen LogP contribution in [0, 0.1) is 16.7 Å². The number of hydrogen-bond donors (Lipinski definition) is 3. The first-order chi connectivity index (χ1) is 34.4. The average Bonchev–Trinajstić information content (AvgIpc) is 3.59. The first-order valence-corrected chi connectivity index (χ1v) is 26.9. The van der Waals surface area contributed by atoms with Gasteiger partial charge in [-0.05, 0) is 100 Å². The average molecular weight is 1020 g/mol. The topological polar surface area (TPSA) is 149 Å². The molecule has 390 valence electrons. The smallest absolute Gasteiger partial charge is 0.406 e. The number of rotatable bonds is 10. The molecule has 2 amide bonds. The van der Waals surface area contributed by atoms with Crippen molar-refractivity contribution >= 4 is 45.7 Å². The summed E-state index contributed by atoms with van der Waals surface area (Å²) in [7, 11) is 1.57. The minimum Gasteiger partial charge on any atom is -0.464 e. The number of thiazole rings is 1. The first kappa shape index (κ1) is 50.9. The number of nitrogens with zero attached hydrogens (tertiary/aromatic N) is 7. The second kappa shape index (κ2) is 20.2. The van der Waals surface area contributed by atoms with Gasteiger partial charge in [-0.3, -0.25) is 34.2 Å². The molecule has 1 aromatic carbocycles. The molecule has 0 unspecified atom stereocenters. The zero-order chi connectivity index (χ0) is 50.7. The predicted octanol–water partition coefficient (Wildman–Crippen LogP) is 6.74. The number of anilines is 1. The van der Waals surface area contributed by atoms with Gasteiger partial charge in [0.05, 0.1) is 52.7 Å². The number of aromatic nitrogens is 3. The zero-order valence-electron chi connectivity index (χ0n) is 42.6. The Morgan fingerprint density at radius 1 is 1.04 bits per heavy atom. The molecule has 8 heterocycles. The molecular formula is C53H71F3N10O5S. The second-order valence-corrected chi connectivity index (χ2v) is 23.5. The Hall–Kier alpha value is -4.66. The molecule has 19 heteroatoms. The van der Waals surface area contributed by atoms with Crippen molar-refractivity contribution in [2.24, 2.45) is 16.7 Å². The van der Waals surface area contributed by atoms with Gasteiger partial charge in [-0.25, -0.2) is 10.4 Å². The van der Waals surface area contributed by atoms with E-state index in [0.717, 1.165) is 70.9 Å². The Morgan fingerprint density at radius 3 is 2.54 bits per heavy atom. The zero-order valence-corrected chi connectivity index (χ0v) is 43.4. The van der Waals surface area contributed by atoms with Crippen molar-refractivity contribution in [1.29, 1.82) is 0 Å². The Morgan fingerprint density at radius 2 is 1.83 bits per heavy atom. The highest BCUT2D eigenvalue weighted by molar-refractivity contribution is 7.10. The lowest BCUT2D eigenvalue weighted by molar-refractivity contribution is -0.155. The molecule has 6 aliphatic rings. The molecule has 0 radical (unpaired) electrons. The monoisotopic (exact) mass is 1020 g/mol. The molecule has 5 fully saturated rings. The maximum atomic E-state index is 15.1. The third-order valence-corrected chi connectivity index (χ3v) is 16.9. The maximum Gasteiger partial charge on any atom is 0.406 e. The number of carbonyl (C=O) groups is 3. The van der Waals surface area contributed by atoms with Crippen LogP contribution in [-0.4, -0.2) is 150 Å². The van der Waals surface area contributed by atoms with Crippen molar-refractivity contribution in [1.82, 2.24) is 45.4 Å². The fourth-order valence-corrected chi connectivity index (χ4v) is 12.9. The van der Waals surface area contributed by atoms with Crippen LogP contribution >= 0.6 is 11.3 Å². The molecule has 1 spiro atoms. The van der Waals surface area contributed by atoms with Crippen LogP contribution in [0.5, 0.6) is 0 Å². The summed E-state index contributed by atoms with van der Waals surface area (Å²) < 4.78 is 58.6. The van der Waals surface area contributed by atoms with Crippen LogP contribution in [0.4, 0.5) is 18.9 Å². The molecule has 72 heavy (non-hydrogen) atoms. The first-order valence-electron chi connectivity index (χ1n) is 26.1. The van der Waals surface area contributed by atoms with E-state index < -0.39 is 48.3 Å². The summed E-state index contributed by atoms with van der Waals surface area (Å²) in [5, 5.41) is 11.2. The number of piperazine rings is 1. The van der Waals surface area contributed by atoms with Crippen molar-refractivity contribution < 1.29 is 37.0 Å². The number of nitrogens with one attached hydrogen (secondary N) is 3. The number of amides is 2. The Bertz CT molecular complexity index is 2650. The van der Waals surface area contributed by atoms with E-state index in [0.29, 0.717) is 75.1 Å². The number of pyridine rings is 1. The van der Waals surface area contributed by atoms with E-state index in [-0.39, 0.29) is 42.6 Å². The minimum absolute atomic E-state index is 0.0268. The minimum atomic E-state index is -4.58. The standard InChI is InChI=1S/C53H71F3N10O5S/c1-32(2)46(64-17-14-52(29-64)13-15-57-28-52)48(67)60-41-24-44-59-42(27-72-44)34-9-12-43-37(22-34)39(25-51(4,5)31-71-50(69)40-8-7-16-66(61-40)49(41)68)47(65(43)30-53(54,55)56)38-23-36(26-58-45(38)33(3)70-6)63-20-18-62(19-21-63)35-10-11-35/h9,12,22-23,26-27,32-33,35,40-41,46,57,61H,7-8,10-11,13-21,24-25,28-31H2,1-6H3,(H,60,67)/t33-,40-,41-,46-,52-/m0/s1. The van der Waals surface area contributed by atoms with E-state index in [1.165, 1.54) is 33.8 Å². The van der Waals surface area contributed by atoms with Crippen molar-refractivity contribution in [2.75, 3.05) is 77.5 Å². The summed E-state index contributed by atoms with van der Waals surface area (Å²) in [6, 6.07) is 5.78. The van der Waals surface area contributed by atoms with Gasteiger partial charge in [-0.15, -0.1) is 11.3 Å². The lowest BCUT2D eigenvalue weighted by atomic mass is 9.84. The summed E-state index contributed by atoms with van der Waals surface area (Å²) in [6.07, 6.45) is 2.47. The Labute approximate surface area is 424 Å². The van der Waals surface area contributed by atoms with Crippen LogP contribution in [0.15, 0.2) is 35.8 Å². The molecule has 6 bridgehead atoms.